The predicted molar refractivity (Wildman–Crippen MR) is 88.1 cm³/mol. The lowest BCUT2D eigenvalue weighted by atomic mass is 10.1. The summed E-state index contributed by atoms with van der Waals surface area (Å²) in [6.45, 7) is 2.98. The lowest BCUT2D eigenvalue weighted by molar-refractivity contribution is -0.143. The van der Waals surface area contributed by atoms with E-state index in [1.807, 2.05) is 49.4 Å². The minimum absolute atomic E-state index is 0.0696. The van der Waals surface area contributed by atoms with E-state index in [0.29, 0.717) is 6.61 Å². The summed E-state index contributed by atoms with van der Waals surface area (Å²) in [5.74, 6) is 0.668. The van der Waals surface area contributed by atoms with Crippen molar-refractivity contribution in [3.8, 4) is 5.75 Å². The molecule has 4 heteroatoms. The van der Waals surface area contributed by atoms with Gasteiger partial charge in [0.15, 0.2) is 0 Å². The second-order valence-electron chi connectivity index (χ2n) is 5.57. The third-order valence-corrected chi connectivity index (χ3v) is 4.12. The van der Waals surface area contributed by atoms with Gasteiger partial charge in [-0.1, -0.05) is 42.5 Å². The lowest BCUT2D eigenvalue weighted by Gasteiger charge is -2.05. The molecule has 120 valence electrons. The van der Waals surface area contributed by atoms with Crippen LogP contribution in [0.15, 0.2) is 54.6 Å². The van der Waals surface area contributed by atoms with Crippen molar-refractivity contribution < 1.29 is 14.3 Å². The Morgan fingerprint density at radius 1 is 1.09 bits per heavy atom. The topological polar surface area (TPSA) is 38.5 Å². The van der Waals surface area contributed by atoms with Gasteiger partial charge in [-0.3, -0.25) is 9.69 Å². The Morgan fingerprint density at radius 2 is 1.78 bits per heavy atom. The van der Waals surface area contributed by atoms with Crippen molar-refractivity contribution in [1.82, 2.24) is 4.90 Å². The Labute approximate surface area is 136 Å². The quantitative estimate of drug-likeness (QED) is 0.607. The van der Waals surface area contributed by atoms with Gasteiger partial charge in [-0.15, -0.1) is 0 Å². The van der Waals surface area contributed by atoms with Crippen LogP contribution in [-0.2, 0) is 16.1 Å². The fourth-order valence-electron chi connectivity index (χ4n) is 2.93. The van der Waals surface area contributed by atoms with Gasteiger partial charge in [-0.05, 0) is 30.2 Å². The van der Waals surface area contributed by atoms with Crippen molar-refractivity contribution in [3.05, 3.63) is 65.7 Å². The molecular formula is C19H21NO3. The van der Waals surface area contributed by atoms with Crippen LogP contribution in [0.1, 0.15) is 24.1 Å². The zero-order valence-corrected chi connectivity index (χ0v) is 13.4. The van der Waals surface area contributed by atoms with Crippen molar-refractivity contribution in [2.75, 3.05) is 13.7 Å². The normalized spacial score (nSPS) is 22.4. The summed E-state index contributed by atoms with van der Waals surface area (Å²) in [4.78, 5) is 14.4. The zero-order chi connectivity index (χ0) is 16.2. The van der Waals surface area contributed by atoms with E-state index >= 15 is 0 Å². The highest BCUT2D eigenvalue weighted by molar-refractivity contribution is 5.80. The van der Waals surface area contributed by atoms with Crippen LogP contribution in [0.4, 0.5) is 0 Å². The smallest absolute Gasteiger partial charge is 0.325 e. The molecule has 1 fully saturated rings. The van der Waals surface area contributed by atoms with Gasteiger partial charge in [-0.2, -0.15) is 0 Å². The molecule has 1 saturated heterocycles. The number of benzene rings is 2. The second kappa shape index (κ2) is 6.84. The molecule has 0 aliphatic carbocycles. The summed E-state index contributed by atoms with van der Waals surface area (Å²) >= 11 is 0. The van der Waals surface area contributed by atoms with Crippen molar-refractivity contribution in [2.24, 2.45) is 0 Å². The Morgan fingerprint density at radius 3 is 2.39 bits per heavy atom. The first-order valence-corrected chi connectivity index (χ1v) is 7.85. The summed E-state index contributed by atoms with van der Waals surface area (Å²) in [6, 6.07) is 17.9. The average molecular weight is 311 g/mol. The van der Waals surface area contributed by atoms with Gasteiger partial charge < -0.3 is 9.47 Å². The van der Waals surface area contributed by atoms with Crippen LogP contribution in [-0.4, -0.2) is 30.6 Å². The monoisotopic (exact) mass is 311 g/mol. The van der Waals surface area contributed by atoms with Crippen molar-refractivity contribution in [2.45, 2.75) is 25.6 Å². The molecule has 0 spiro atoms. The van der Waals surface area contributed by atoms with Gasteiger partial charge >= 0.3 is 5.97 Å². The Balaban J connectivity index is 1.78. The number of nitrogens with zero attached hydrogens (tertiary/aromatic N) is 1. The van der Waals surface area contributed by atoms with Crippen LogP contribution >= 0.6 is 0 Å². The second-order valence-corrected chi connectivity index (χ2v) is 5.57. The van der Waals surface area contributed by atoms with Crippen molar-refractivity contribution in [3.63, 3.8) is 0 Å². The van der Waals surface area contributed by atoms with Gasteiger partial charge in [0.05, 0.1) is 19.8 Å². The summed E-state index contributed by atoms with van der Waals surface area (Å²) < 4.78 is 10.4. The number of methoxy groups -OCH3 is 1. The fraction of sp³-hybridized carbons (Fsp3) is 0.316. The van der Waals surface area contributed by atoms with Crippen molar-refractivity contribution >= 4 is 5.97 Å². The molecule has 1 unspecified atom stereocenters. The predicted octanol–water partition coefficient (Wildman–Crippen LogP) is 3.18. The summed E-state index contributed by atoms with van der Waals surface area (Å²) in [7, 11) is 1.65. The molecule has 0 amide bonds. The first kappa shape index (κ1) is 15.6. The molecular weight excluding hydrogens is 290 g/mol. The van der Waals surface area contributed by atoms with E-state index in [0.717, 1.165) is 17.9 Å². The van der Waals surface area contributed by atoms with E-state index < -0.39 is 0 Å². The van der Waals surface area contributed by atoms with Crippen LogP contribution in [0.3, 0.4) is 0 Å². The van der Waals surface area contributed by atoms with Crippen LogP contribution in [0.25, 0.3) is 0 Å². The van der Waals surface area contributed by atoms with Crippen LogP contribution in [0.2, 0.25) is 0 Å². The molecule has 3 atom stereocenters. The van der Waals surface area contributed by atoms with Gasteiger partial charge in [0.2, 0.25) is 0 Å². The third-order valence-electron chi connectivity index (χ3n) is 4.12. The number of esters is 1. The average Bonchev–Trinajstić information content (AvgIpc) is 3.30. The third kappa shape index (κ3) is 3.37. The highest BCUT2D eigenvalue weighted by Crippen LogP contribution is 2.45. The molecule has 3 rings (SSSR count). The summed E-state index contributed by atoms with van der Waals surface area (Å²) in [5.41, 5.74) is 2.30. The minimum atomic E-state index is -0.205. The lowest BCUT2D eigenvalue weighted by Crippen LogP contribution is -2.16. The summed E-state index contributed by atoms with van der Waals surface area (Å²) in [5, 5.41) is 0. The standard InChI is InChI=1S/C19H21NO3/c1-3-23-19(21)18-17(15-9-11-16(22-2)12-10-15)20(18)13-14-7-5-4-6-8-14/h4-12,17-18H,3,13H2,1-2H3/t17-,18+,20?/m1/s1. The molecule has 0 bridgehead atoms. The molecule has 2 aromatic rings. The van der Waals surface area contributed by atoms with Crippen LogP contribution < -0.4 is 4.74 Å². The van der Waals surface area contributed by atoms with Crippen LogP contribution in [0, 0.1) is 0 Å². The number of hydrogen-bond acceptors (Lipinski definition) is 4. The minimum Gasteiger partial charge on any atom is -0.497 e. The Hall–Kier alpha value is -2.33. The van der Waals surface area contributed by atoms with E-state index in [1.165, 1.54) is 5.56 Å². The summed E-state index contributed by atoms with van der Waals surface area (Å²) in [6.07, 6.45) is 0. The number of rotatable bonds is 6. The van der Waals surface area contributed by atoms with E-state index in [4.69, 9.17) is 9.47 Å². The molecule has 2 aromatic carbocycles. The highest BCUT2D eigenvalue weighted by Gasteiger charge is 2.54. The zero-order valence-electron chi connectivity index (χ0n) is 13.4. The SMILES string of the molecule is CCOC(=O)[C@@H]1[C@@H](c2ccc(OC)cc2)N1Cc1ccccc1. The van der Waals surface area contributed by atoms with Gasteiger partial charge in [0.1, 0.15) is 11.8 Å². The first-order chi connectivity index (χ1) is 11.2. The largest absolute Gasteiger partial charge is 0.497 e. The molecule has 0 saturated carbocycles. The number of carbonyl (C=O) groups is 1. The molecule has 1 aliphatic rings. The van der Waals surface area contributed by atoms with Gasteiger partial charge in [0, 0.05) is 6.54 Å². The fourth-order valence-corrected chi connectivity index (χ4v) is 2.93. The van der Waals surface area contributed by atoms with Crippen LogP contribution in [0.5, 0.6) is 5.75 Å². The van der Waals surface area contributed by atoms with E-state index in [-0.39, 0.29) is 18.1 Å². The number of carbonyl (C=O) groups excluding carboxylic acids is 1. The maximum absolute atomic E-state index is 12.2. The Bertz CT molecular complexity index is 654. The first-order valence-electron chi connectivity index (χ1n) is 7.85. The van der Waals surface area contributed by atoms with Crippen molar-refractivity contribution in [1.29, 1.82) is 0 Å². The molecule has 0 N–H and O–H groups in total. The number of hydrogen-bond donors (Lipinski definition) is 0. The molecule has 23 heavy (non-hydrogen) atoms. The van der Waals surface area contributed by atoms with E-state index in [9.17, 15) is 4.79 Å². The van der Waals surface area contributed by atoms with Gasteiger partial charge in [0.25, 0.3) is 0 Å². The maximum Gasteiger partial charge on any atom is 0.325 e. The molecule has 1 heterocycles. The Kier molecular flexibility index (Phi) is 4.63. The van der Waals surface area contributed by atoms with Gasteiger partial charge in [-0.25, -0.2) is 0 Å². The van der Waals surface area contributed by atoms with E-state index in [2.05, 4.69) is 17.0 Å². The van der Waals surface area contributed by atoms with E-state index in [1.54, 1.807) is 7.11 Å². The number of ether oxygens (including phenoxy) is 2. The maximum atomic E-state index is 12.2. The molecule has 0 aromatic heterocycles. The molecule has 4 nitrogen and oxygen atoms in total. The highest BCUT2D eigenvalue weighted by atomic mass is 16.5. The molecule has 0 radical (unpaired) electrons. The molecule has 1 aliphatic heterocycles.